The summed E-state index contributed by atoms with van der Waals surface area (Å²) in [4.78, 5) is 14.1. The molecule has 1 saturated carbocycles. The molecule has 2 aliphatic rings. The third-order valence-electron chi connectivity index (χ3n) is 4.12. The van der Waals surface area contributed by atoms with Crippen LogP contribution in [0.25, 0.3) is 0 Å². The van der Waals surface area contributed by atoms with Crippen LogP contribution in [0.1, 0.15) is 26.2 Å². The number of hydrogen-bond acceptors (Lipinski definition) is 3. The van der Waals surface area contributed by atoms with Gasteiger partial charge >= 0.3 is 0 Å². The van der Waals surface area contributed by atoms with Crippen molar-refractivity contribution in [2.45, 2.75) is 31.7 Å². The van der Waals surface area contributed by atoms with E-state index >= 15 is 0 Å². The third kappa shape index (κ3) is 1.66. The highest BCUT2D eigenvalue weighted by Crippen LogP contribution is 2.40. The van der Waals surface area contributed by atoms with E-state index in [-0.39, 0.29) is 11.4 Å². The van der Waals surface area contributed by atoms with Crippen LogP contribution in [0.4, 0.5) is 0 Å². The molecular formula is C11H21N3O. The van der Waals surface area contributed by atoms with Crippen LogP contribution in [0.5, 0.6) is 0 Å². The van der Waals surface area contributed by atoms with Crippen LogP contribution in [0, 0.1) is 5.92 Å². The molecule has 1 aliphatic carbocycles. The summed E-state index contributed by atoms with van der Waals surface area (Å²) < 4.78 is 0. The van der Waals surface area contributed by atoms with E-state index in [0.29, 0.717) is 5.92 Å². The Morgan fingerprint density at radius 3 is 2.60 bits per heavy atom. The lowest BCUT2D eigenvalue weighted by atomic mass is 9.85. The van der Waals surface area contributed by atoms with Gasteiger partial charge in [0.15, 0.2) is 0 Å². The maximum absolute atomic E-state index is 11.8. The van der Waals surface area contributed by atoms with Crippen molar-refractivity contribution in [1.82, 2.24) is 10.2 Å². The standard InChI is InChI=1S/C11H21N3O/c1-9-3-2-4-11(9,10(12)15)14-7-5-13-6-8-14/h9,13H,2-8H2,1H3,(H2,12,15). The van der Waals surface area contributed by atoms with E-state index < -0.39 is 0 Å². The lowest BCUT2D eigenvalue weighted by molar-refractivity contribution is -0.133. The topological polar surface area (TPSA) is 58.4 Å². The van der Waals surface area contributed by atoms with Gasteiger partial charge in [-0.15, -0.1) is 0 Å². The Hall–Kier alpha value is -0.610. The first-order chi connectivity index (χ1) is 7.18. The zero-order valence-electron chi connectivity index (χ0n) is 9.46. The molecule has 2 unspecified atom stereocenters. The monoisotopic (exact) mass is 211 g/mol. The van der Waals surface area contributed by atoms with E-state index in [1.54, 1.807) is 0 Å². The van der Waals surface area contributed by atoms with Crippen molar-refractivity contribution in [2.24, 2.45) is 11.7 Å². The van der Waals surface area contributed by atoms with Crippen LogP contribution in [0.2, 0.25) is 0 Å². The minimum absolute atomic E-state index is 0.116. The molecule has 0 aromatic rings. The third-order valence-corrected chi connectivity index (χ3v) is 4.12. The fourth-order valence-electron chi connectivity index (χ4n) is 3.22. The molecule has 1 aliphatic heterocycles. The largest absolute Gasteiger partial charge is 0.368 e. The summed E-state index contributed by atoms with van der Waals surface area (Å²) in [6.45, 7) is 6.02. The second-order valence-electron chi connectivity index (χ2n) is 4.82. The van der Waals surface area contributed by atoms with E-state index in [1.165, 1.54) is 0 Å². The summed E-state index contributed by atoms with van der Waals surface area (Å²) in [5.41, 5.74) is 5.31. The first-order valence-corrected chi connectivity index (χ1v) is 5.93. The highest BCUT2D eigenvalue weighted by atomic mass is 16.1. The SMILES string of the molecule is CC1CCCC1(C(N)=O)N1CCNCC1. The Bertz CT molecular complexity index is 250. The zero-order chi connectivity index (χ0) is 10.9. The number of hydrogen-bond donors (Lipinski definition) is 2. The normalized spacial score (nSPS) is 38.1. The molecule has 2 atom stereocenters. The second-order valence-corrected chi connectivity index (χ2v) is 4.82. The van der Waals surface area contributed by atoms with Crippen molar-refractivity contribution in [3.05, 3.63) is 0 Å². The van der Waals surface area contributed by atoms with E-state index in [2.05, 4.69) is 17.1 Å². The second kappa shape index (κ2) is 4.10. The number of carbonyl (C=O) groups is 1. The summed E-state index contributed by atoms with van der Waals surface area (Å²) in [6.07, 6.45) is 3.21. The minimum Gasteiger partial charge on any atom is -0.368 e. The van der Waals surface area contributed by atoms with Gasteiger partial charge in [-0.3, -0.25) is 9.69 Å². The highest BCUT2D eigenvalue weighted by molar-refractivity contribution is 5.85. The van der Waals surface area contributed by atoms with Gasteiger partial charge in [0.2, 0.25) is 5.91 Å². The smallest absolute Gasteiger partial charge is 0.238 e. The van der Waals surface area contributed by atoms with Gasteiger partial charge in [-0.05, 0) is 18.8 Å². The molecule has 4 heteroatoms. The Labute approximate surface area is 91.2 Å². The molecule has 0 aromatic carbocycles. The molecule has 2 rings (SSSR count). The molecule has 4 nitrogen and oxygen atoms in total. The Balaban J connectivity index is 2.21. The van der Waals surface area contributed by atoms with Crippen LogP contribution in [-0.2, 0) is 4.79 Å². The Morgan fingerprint density at radius 1 is 1.47 bits per heavy atom. The van der Waals surface area contributed by atoms with Crippen LogP contribution >= 0.6 is 0 Å². The van der Waals surface area contributed by atoms with Gasteiger partial charge in [0.1, 0.15) is 5.54 Å². The number of nitrogens with zero attached hydrogens (tertiary/aromatic N) is 1. The van der Waals surface area contributed by atoms with Crippen molar-refractivity contribution in [1.29, 1.82) is 0 Å². The van der Waals surface area contributed by atoms with Gasteiger partial charge in [0.05, 0.1) is 0 Å². The average molecular weight is 211 g/mol. The fourth-order valence-corrected chi connectivity index (χ4v) is 3.22. The molecule has 1 saturated heterocycles. The number of piperazine rings is 1. The molecule has 15 heavy (non-hydrogen) atoms. The summed E-state index contributed by atoms with van der Waals surface area (Å²) >= 11 is 0. The summed E-state index contributed by atoms with van der Waals surface area (Å²) in [6, 6.07) is 0. The first kappa shape index (κ1) is 10.9. The van der Waals surface area contributed by atoms with Crippen molar-refractivity contribution in [3.63, 3.8) is 0 Å². The minimum atomic E-state index is -0.345. The maximum Gasteiger partial charge on any atom is 0.238 e. The van der Waals surface area contributed by atoms with E-state index in [4.69, 9.17) is 5.73 Å². The van der Waals surface area contributed by atoms with Crippen LogP contribution in [-0.4, -0.2) is 42.5 Å². The van der Waals surface area contributed by atoms with E-state index in [9.17, 15) is 4.79 Å². The molecule has 0 aromatic heterocycles. The number of primary amides is 1. The van der Waals surface area contributed by atoms with Crippen LogP contribution in [0.3, 0.4) is 0 Å². The molecule has 86 valence electrons. The summed E-state index contributed by atoms with van der Waals surface area (Å²) in [5.74, 6) is 0.294. The van der Waals surface area contributed by atoms with Gasteiger partial charge < -0.3 is 11.1 Å². The van der Waals surface area contributed by atoms with Gasteiger partial charge in [-0.25, -0.2) is 0 Å². The number of nitrogens with one attached hydrogen (secondary N) is 1. The summed E-state index contributed by atoms with van der Waals surface area (Å²) in [7, 11) is 0. The first-order valence-electron chi connectivity index (χ1n) is 5.93. The molecule has 1 amide bonds. The van der Waals surface area contributed by atoms with Crippen molar-refractivity contribution in [3.8, 4) is 0 Å². The van der Waals surface area contributed by atoms with E-state index in [1.807, 2.05) is 0 Å². The predicted octanol–water partition coefficient (Wildman–Crippen LogP) is -0.0643. The lowest BCUT2D eigenvalue weighted by Crippen LogP contribution is -2.63. The van der Waals surface area contributed by atoms with Crippen molar-refractivity contribution >= 4 is 5.91 Å². The predicted molar refractivity (Wildman–Crippen MR) is 59.4 cm³/mol. The Kier molecular flexibility index (Phi) is 2.98. The van der Waals surface area contributed by atoms with Crippen LogP contribution < -0.4 is 11.1 Å². The van der Waals surface area contributed by atoms with Gasteiger partial charge in [0, 0.05) is 26.2 Å². The van der Waals surface area contributed by atoms with E-state index in [0.717, 1.165) is 45.4 Å². The highest BCUT2D eigenvalue weighted by Gasteiger charge is 2.49. The molecule has 0 spiro atoms. The Morgan fingerprint density at radius 2 is 2.13 bits per heavy atom. The molecule has 3 N–H and O–H groups in total. The number of nitrogens with two attached hydrogens (primary N) is 1. The number of carbonyl (C=O) groups excluding carboxylic acids is 1. The quantitative estimate of drug-likeness (QED) is 0.672. The molecular weight excluding hydrogens is 190 g/mol. The maximum atomic E-state index is 11.8. The molecule has 2 fully saturated rings. The van der Waals surface area contributed by atoms with Crippen molar-refractivity contribution in [2.75, 3.05) is 26.2 Å². The fraction of sp³-hybridized carbons (Fsp3) is 0.909. The van der Waals surface area contributed by atoms with Gasteiger partial charge in [-0.2, -0.15) is 0 Å². The average Bonchev–Trinajstić information content (AvgIpc) is 2.62. The van der Waals surface area contributed by atoms with Gasteiger partial charge in [-0.1, -0.05) is 13.3 Å². The number of rotatable bonds is 2. The zero-order valence-corrected chi connectivity index (χ0v) is 9.46. The molecule has 1 heterocycles. The van der Waals surface area contributed by atoms with Gasteiger partial charge in [0.25, 0.3) is 0 Å². The molecule has 0 bridgehead atoms. The molecule has 0 radical (unpaired) electrons. The number of amides is 1. The van der Waals surface area contributed by atoms with Crippen LogP contribution in [0.15, 0.2) is 0 Å². The lowest BCUT2D eigenvalue weighted by Gasteiger charge is -2.44. The summed E-state index contributed by atoms with van der Waals surface area (Å²) in [5, 5.41) is 3.32. The van der Waals surface area contributed by atoms with Crippen molar-refractivity contribution < 1.29 is 4.79 Å².